The summed E-state index contributed by atoms with van der Waals surface area (Å²) < 4.78 is 5.62. The maximum Gasteiger partial charge on any atom is 0.340 e. The number of carbonyl (C=O) groups is 1. The highest BCUT2D eigenvalue weighted by Crippen LogP contribution is 2.28. The summed E-state index contributed by atoms with van der Waals surface area (Å²) in [6, 6.07) is 5.54. The van der Waals surface area contributed by atoms with Gasteiger partial charge in [-0.15, -0.1) is 0 Å². The fourth-order valence-electron chi connectivity index (χ4n) is 1.62. The predicted octanol–water partition coefficient (Wildman–Crippen LogP) is 3.09. The number of aryl methyl sites for hydroxylation is 1. The van der Waals surface area contributed by atoms with E-state index in [1.54, 1.807) is 12.3 Å². The van der Waals surface area contributed by atoms with Crippen LogP contribution in [-0.4, -0.2) is 18.1 Å². The van der Waals surface area contributed by atoms with E-state index < -0.39 is 0 Å². The maximum atomic E-state index is 11.6. The Balaban J connectivity index is 2.85. The van der Waals surface area contributed by atoms with Crippen molar-refractivity contribution in [1.29, 1.82) is 0 Å². The Morgan fingerprint density at radius 1 is 1.50 bits per heavy atom. The molecule has 2 aromatic rings. The molecule has 0 bridgehead atoms. The van der Waals surface area contributed by atoms with Crippen molar-refractivity contribution in [3.8, 4) is 0 Å². The minimum atomic E-state index is -0.371. The number of aromatic nitrogens is 1. The number of hydrogen-bond acceptors (Lipinski definition) is 3. The second-order valence-electron chi connectivity index (χ2n) is 3.42. The number of carbonyl (C=O) groups excluding carboxylic acids is 1. The van der Waals surface area contributed by atoms with E-state index in [-0.39, 0.29) is 5.97 Å². The molecule has 0 N–H and O–H groups in total. The van der Waals surface area contributed by atoms with Crippen LogP contribution in [0.2, 0.25) is 0 Å². The Bertz CT molecular complexity index is 566. The molecule has 0 aliphatic carbocycles. The van der Waals surface area contributed by atoms with Crippen LogP contribution in [-0.2, 0) is 4.74 Å². The number of nitrogens with zero attached hydrogens (tertiary/aromatic N) is 1. The van der Waals surface area contributed by atoms with Crippen molar-refractivity contribution in [3.63, 3.8) is 0 Å². The maximum absolute atomic E-state index is 11.6. The summed E-state index contributed by atoms with van der Waals surface area (Å²) in [5, 5.41) is 0.956. The fraction of sp³-hybridized carbons (Fsp3) is 0.167. The summed E-state index contributed by atoms with van der Waals surface area (Å²) in [5.74, 6) is -0.371. The molecular weight excluding hydrogens is 270 g/mol. The molecule has 0 aliphatic rings. The van der Waals surface area contributed by atoms with Gasteiger partial charge < -0.3 is 4.74 Å². The topological polar surface area (TPSA) is 39.2 Å². The number of hydrogen-bond donors (Lipinski definition) is 0. The summed E-state index contributed by atoms with van der Waals surface area (Å²) in [6.07, 6.45) is 1.67. The number of benzene rings is 1. The van der Waals surface area contributed by atoms with Gasteiger partial charge in [-0.25, -0.2) is 4.79 Å². The Morgan fingerprint density at radius 3 is 2.94 bits per heavy atom. The molecule has 0 radical (unpaired) electrons. The molecule has 1 aromatic carbocycles. The summed E-state index contributed by atoms with van der Waals surface area (Å²) in [7, 11) is 1.37. The highest BCUT2D eigenvalue weighted by molar-refractivity contribution is 9.10. The molecule has 1 heterocycles. The van der Waals surface area contributed by atoms with Gasteiger partial charge in [0, 0.05) is 16.1 Å². The number of halogens is 1. The van der Waals surface area contributed by atoms with Gasteiger partial charge in [0.05, 0.1) is 18.2 Å². The van der Waals surface area contributed by atoms with E-state index in [0.29, 0.717) is 11.1 Å². The normalized spacial score (nSPS) is 10.4. The van der Waals surface area contributed by atoms with E-state index in [1.807, 2.05) is 19.1 Å². The number of ether oxygens (including phenoxy) is 1. The molecule has 0 unspecified atom stereocenters. The molecule has 3 nitrogen and oxygen atoms in total. The highest BCUT2D eigenvalue weighted by atomic mass is 79.9. The minimum absolute atomic E-state index is 0.371. The van der Waals surface area contributed by atoms with Gasteiger partial charge in [0.25, 0.3) is 0 Å². The lowest BCUT2D eigenvalue weighted by Gasteiger charge is -2.08. The standard InChI is InChI=1S/C12H10BrNO2/c1-7-8-4-3-5-14-11(8)9(6-10(7)13)12(15)16-2/h3-6H,1-2H3. The summed E-state index contributed by atoms with van der Waals surface area (Å²) in [6.45, 7) is 1.98. The first-order valence-electron chi connectivity index (χ1n) is 4.77. The average Bonchev–Trinajstić information content (AvgIpc) is 2.33. The molecule has 4 heteroatoms. The van der Waals surface area contributed by atoms with E-state index in [9.17, 15) is 4.79 Å². The smallest absolute Gasteiger partial charge is 0.340 e. The van der Waals surface area contributed by atoms with Gasteiger partial charge in [-0.2, -0.15) is 0 Å². The lowest BCUT2D eigenvalue weighted by molar-refractivity contribution is 0.0602. The first kappa shape index (κ1) is 11.1. The second-order valence-corrected chi connectivity index (χ2v) is 4.28. The average molecular weight is 280 g/mol. The number of esters is 1. The lowest BCUT2D eigenvalue weighted by atomic mass is 10.1. The van der Waals surface area contributed by atoms with Crippen molar-refractivity contribution < 1.29 is 9.53 Å². The monoisotopic (exact) mass is 279 g/mol. The molecule has 1 aromatic heterocycles. The van der Waals surface area contributed by atoms with Crippen LogP contribution in [0.4, 0.5) is 0 Å². The van der Waals surface area contributed by atoms with Gasteiger partial charge >= 0.3 is 5.97 Å². The van der Waals surface area contributed by atoms with Crippen LogP contribution in [0.1, 0.15) is 15.9 Å². The molecule has 0 atom stereocenters. The summed E-state index contributed by atoms with van der Waals surface area (Å²) in [4.78, 5) is 15.8. The molecule has 16 heavy (non-hydrogen) atoms. The zero-order valence-electron chi connectivity index (χ0n) is 8.95. The number of pyridine rings is 1. The lowest BCUT2D eigenvalue weighted by Crippen LogP contribution is -2.04. The quantitative estimate of drug-likeness (QED) is 0.753. The molecule has 82 valence electrons. The van der Waals surface area contributed by atoms with Crippen LogP contribution in [0.5, 0.6) is 0 Å². The molecule has 0 fully saturated rings. The van der Waals surface area contributed by atoms with Crippen molar-refractivity contribution in [1.82, 2.24) is 4.98 Å². The van der Waals surface area contributed by atoms with Crippen molar-refractivity contribution in [2.45, 2.75) is 6.92 Å². The van der Waals surface area contributed by atoms with Crippen LogP contribution in [0.25, 0.3) is 10.9 Å². The van der Waals surface area contributed by atoms with Crippen LogP contribution in [0, 0.1) is 6.92 Å². The van der Waals surface area contributed by atoms with Gasteiger partial charge in [0.15, 0.2) is 0 Å². The van der Waals surface area contributed by atoms with Gasteiger partial charge in [-0.1, -0.05) is 22.0 Å². The second kappa shape index (κ2) is 4.22. The molecular formula is C12H10BrNO2. The van der Waals surface area contributed by atoms with Gasteiger partial charge in [0.2, 0.25) is 0 Å². The van der Waals surface area contributed by atoms with Crippen molar-refractivity contribution in [2.24, 2.45) is 0 Å². The molecule has 2 rings (SSSR count). The van der Waals surface area contributed by atoms with E-state index in [2.05, 4.69) is 20.9 Å². The van der Waals surface area contributed by atoms with E-state index >= 15 is 0 Å². The summed E-state index contributed by atoms with van der Waals surface area (Å²) in [5.41, 5.74) is 2.22. The Morgan fingerprint density at radius 2 is 2.25 bits per heavy atom. The molecule has 0 aliphatic heterocycles. The zero-order chi connectivity index (χ0) is 11.7. The largest absolute Gasteiger partial charge is 0.465 e. The highest BCUT2D eigenvalue weighted by Gasteiger charge is 2.14. The first-order chi connectivity index (χ1) is 7.65. The predicted molar refractivity (Wildman–Crippen MR) is 65.5 cm³/mol. The van der Waals surface area contributed by atoms with Crippen molar-refractivity contribution in [2.75, 3.05) is 7.11 Å². The third-order valence-corrected chi connectivity index (χ3v) is 3.33. The van der Waals surface area contributed by atoms with E-state index in [4.69, 9.17) is 4.74 Å². The number of methoxy groups -OCH3 is 1. The van der Waals surface area contributed by atoms with E-state index in [1.165, 1.54) is 7.11 Å². The summed E-state index contributed by atoms with van der Waals surface area (Å²) >= 11 is 3.43. The van der Waals surface area contributed by atoms with Crippen LogP contribution in [0.3, 0.4) is 0 Å². The Labute approximate surface area is 102 Å². The third kappa shape index (κ3) is 1.69. The molecule has 0 amide bonds. The number of rotatable bonds is 1. The third-order valence-electron chi connectivity index (χ3n) is 2.50. The minimum Gasteiger partial charge on any atom is -0.465 e. The van der Waals surface area contributed by atoms with Gasteiger partial charge in [-0.05, 0) is 24.6 Å². The first-order valence-corrected chi connectivity index (χ1v) is 5.56. The van der Waals surface area contributed by atoms with Crippen LogP contribution >= 0.6 is 15.9 Å². The van der Waals surface area contributed by atoms with Crippen molar-refractivity contribution >= 4 is 32.8 Å². The van der Waals surface area contributed by atoms with Gasteiger partial charge in [-0.3, -0.25) is 4.98 Å². The van der Waals surface area contributed by atoms with Crippen LogP contribution in [0.15, 0.2) is 28.9 Å². The molecule has 0 spiro atoms. The van der Waals surface area contributed by atoms with E-state index in [0.717, 1.165) is 15.4 Å². The Hall–Kier alpha value is -1.42. The Kier molecular flexibility index (Phi) is 2.92. The van der Waals surface area contributed by atoms with Gasteiger partial charge in [0.1, 0.15) is 0 Å². The number of fused-ring (bicyclic) bond motifs is 1. The van der Waals surface area contributed by atoms with Crippen LogP contribution < -0.4 is 0 Å². The fourth-order valence-corrected chi connectivity index (χ4v) is 2.06. The zero-order valence-corrected chi connectivity index (χ0v) is 10.5. The van der Waals surface area contributed by atoms with Crippen molar-refractivity contribution in [3.05, 3.63) is 40.0 Å². The SMILES string of the molecule is COC(=O)c1cc(Br)c(C)c2cccnc12. The molecule has 0 saturated heterocycles. The molecule has 0 saturated carbocycles.